The first-order chi connectivity index (χ1) is 18.3. The van der Waals surface area contributed by atoms with E-state index in [0.717, 1.165) is 33.6 Å². The molecule has 4 aromatic rings. The molecule has 2 atom stereocenters. The standard InChI is InChI=1S/C32H32N2O4/c1-21-19-25(15-17-29(21)33-31(35)23(3)37-27-11-7-5-8-12-27)26-16-18-30(22(2)20-26)34-32(36)24(4)38-28-13-9-6-10-14-28/h5-20,23-24H,1-4H3,(H,33,35)(H,34,36)/t23-,24-/m1/s1. The van der Waals surface area contributed by atoms with Gasteiger partial charge >= 0.3 is 0 Å². The van der Waals surface area contributed by atoms with Gasteiger partial charge in [0.1, 0.15) is 11.5 Å². The lowest BCUT2D eigenvalue weighted by molar-refractivity contribution is -0.122. The van der Waals surface area contributed by atoms with E-state index in [1.165, 1.54) is 0 Å². The maximum absolute atomic E-state index is 12.7. The van der Waals surface area contributed by atoms with Gasteiger partial charge in [-0.3, -0.25) is 9.59 Å². The Labute approximate surface area is 223 Å². The van der Waals surface area contributed by atoms with E-state index in [4.69, 9.17) is 9.47 Å². The number of nitrogens with one attached hydrogen (secondary N) is 2. The van der Waals surface area contributed by atoms with E-state index in [1.807, 2.05) is 111 Å². The highest BCUT2D eigenvalue weighted by Crippen LogP contribution is 2.28. The van der Waals surface area contributed by atoms with E-state index in [2.05, 4.69) is 10.6 Å². The van der Waals surface area contributed by atoms with Crippen LogP contribution in [0, 0.1) is 13.8 Å². The molecule has 2 amide bonds. The molecule has 0 aromatic heterocycles. The summed E-state index contributed by atoms with van der Waals surface area (Å²) >= 11 is 0. The molecule has 0 aliphatic carbocycles. The largest absolute Gasteiger partial charge is 0.481 e. The van der Waals surface area contributed by atoms with Crippen molar-refractivity contribution >= 4 is 23.2 Å². The summed E-state index contributed by atoms with van der Waals surface area (Å²) in [6, 6.07) is 30.3. The molecule has 6 nitrogen and oxygen atoms in total. The van der Waals surface area contributed by atoms with E-state index >= 15 is 0 Å². The average Bonchev–Trinajstić information content (AvgIpc) is 2.92. The summed E-state index contributed by atoms with van der Waals surface area (Å²) in [6.07, 6.45) is -1.27. The molecule has 4 aromatic carbocycles. The Bertz CT molecular complexity index is 1290. The predicted molar refractivity (Wildman–Crippen MR) is 152 cm³/mol. The first-order valence-electron chi connectivity index (χ1n) is 12.6. The maximum atomic E-state index is 12.7. The number of anilines is 2. The number of amides is 2. The maximum Gasteiger partial charge on any atom is 0.265 e. The average molecular weight is 509 g/mol. The minimum Gasteiger partial charge on any atom is -0.481 e. The van der Waals surface area contributed by atoms with Gasteiger partial charge in [0.15, 0.2) is 12.2 Å². The zero-order valence-corrected chi connectivity index (χ0v) is 22.0. The van der Waals surface area contributed by atoms with Crippen molar-refractivity contribution in [3.63, 3.8) is 0 Å². The Balaban J connectivity index is 1.39. The monoisotopic (exact) mass is 508 g/mol. The normalized spacial score (nSPS) is 12.2. The molecule has 38 heavy (non-hydrogen) atoms. The van der Waals surface area contributed by atoms with Gasteiger partial charge < -0.3 is 20.1 Å². The molecule has 0 spiro atoms. The Morgan fingerprint density at radius 1 is 0.579 bits per heavy atom. The van der Waals surface area contributed by atoms with Crippen LogP contribution < -0.4 is 20.1 Å². The van der Waals surface area contributed by atoms with Gasteiger partial charge in [-0.25, -0.2) is 0 Å². The van der Waals surface area contributed by atoms with Crippen LogP contribution in [0.15, 0.2) is 97.1 Å². The summed E-state index contributed by atoms with van der Waals surface area (Å²) in [5.74, 6) is 0.864. The van der Waals surface area contributed by atoms with Crippen LogP contribution in [0.3, 0.4) is 0 Å². The quantitative estimate of drug-likeness (QED) is 0.261. The molecular formula is C32H32N2O4. The molecule has 2 N–H and O–H groups in total. The van der Waals surface area contributed by atoms with E-state index in [0.29, 0.717) is 11.5 Å². The molecule has 194 valence electrons. The van der Waals surface area contributed by atoms with Crippen LogP contribution in [-0.4, -0.2) is 24.0 Å². The van der Waals surface area contributed by atoms with Gasteiger partial charge in [0.2, 0.25) is 0 Å². The number of carbonyl (C=O) groups is 2. The lowest BCUT2D eigenvalue weighted by Crippen LogP contribution is -2.30. The number of carbonyl (C=O) groups excluding carboxylic acids is 2. The molecule has 0 saturated carbocycles. The van der Waals surface area contributed by atoms with E-state index < -0.39 is 12.2 Å². The fourth-order valence-electron chi connectivity index (χ4n) is 3.95. The van der Waals surface area contributed by atoms with Crippen LogP contribution in [0.1, 0.15) is 25.0 Å². The van der Waals surface area contributed by atoms with Gasteiger partial charge in [-0.1, -0.05) is 48.5 Å². The molecule has 0 bridgehead atoms. The second-order valence-corrected chi connectivity index (χ2v) is 9.18. The minimum absolute atomic E-state index is 0.217. The Hall–Kier alpha value is -4.58. The predicted octanol–water partition coefficient (Wildman–Crippen LogP) is 6.78. The van der Waals surface area contributed by atoms with Gasteiger partial charge in [-0.2, -0.15) is 0 Å². The summed E-state index contributed by atoms with van der Waals surface area (Å²) in [5.41, 5.74) is 5.35. The number of aryl methyl sites for hydroxylation is 2. The number of rotatable bonds is 9. The highest BCUT2D eigenvalue weighted by atomic mass is 16.5. The molecule has 0 radical (unpaired) electrons. The van der Waals surface area contributed by atoms with Crippen molar-refractivity contribution in [3.05, 3.63) is 108 Å². The van der Waals surface area contributed by atoms with E-state index in [-0.39, 0.29) is 11.8 Å². The Kier molecular flexibility index (Phi) is 8.44. The first kappa shape index (κ1) is 26.5. The fourth-order valence-corrected chi connectivity index (χ4v) is 3.95. The molecule has 6 heteroatoms. The first-order valence-corrected chi connectivity index (χ1v) is 12.6. The van der Waals surface area contributed by atoms with Crippen molar-refractivity contribution < 1.29 is 19.1 Å². The fraction of sp³-hybridized carbons (Fsp3) is 0.188. The van der Waals surface area contributed by atoms with Crippen LogP contribution in [0.5, 0.6) is 11.5 Å². The van der Waals surface area contributed by atoms with Crippen LogP contribution >= 0.6 is 0 Å². The molecule has 0 fully saturated rings. The van der Waals surface area contributed by atoms with Gasteiger partial charge in [0.25, 0.3) is 11.8 Å². The van der Waals surface area contributed by atoms with Gasteiger partial charge in [0, 0.05) is 11.4 Å². The number of para-hydroxylation sites is 2. The molecule has 0 heterocycles. The highest BCUT2D eigenvalue weighted by Gasteiger charge is 2.17. The third kappa shape index (κ3) is 6.79. The zero-order chi connectivity index (χ0) is 27.1. The smallest absolute Gasteiger partial charge is 0.265 e. The lowest BCUT2D eigenvalue weighted by atomic mass is 9.99. The molecule has 0 unspecified atom stereocenters. The topological polar surface area (TPSA) is 76.7 Å². The van der Waals surface area contributed by atoms with Crippen LogP contribution in [0.2, 0.25) is 0 Å². The Morgan fingerprint density at radius 2 is 0.947 bits per heavy atom. The highest BCUT2D eigenvalue weighted by molar-refractivity contribution is 5.96. The third-order valence-corrected chi connectivity index (χ3v) is 6.15. The number of benzene rings is 4. The van der Waals surface area contributed by atoms with Crippen molar-refractivity contribution in [2.45, 2.75) is 39.9 Å². The zero-order valence-electron chi connectivity index (χ0n) is 22.0. The van der Waals surface area contributed by atoms with E-state index in [1.54, 1.807) is 13.8 Å². The number of hydrogen-bond acceptors (Lipinski definition) is 4. The van der Waals surface area contributed by atoms with Crippen LogP contribution in [0.4, 0.5) is 11.4 Å². The number of ether oxygens (including phenoxy) is 2. The molecular weight excluding hydrogens is 476 g/mol. The van der Waals surface area contributed by atoms with Crippen molar-refractivity contribution in [2.24, 2.45) is 0 Å². The lowest BCUT2D eigenvalue weighted by Gasteiger charge is -2.17. The summed E-state index contributed by atoms with van der Waals surface area (Å²) in [4.78, 5) is 25.3. The molecule has 0 aliphatic heterocycles. The SMILES string of the molecule is Cc1cc(-c2ccc(NC(=O)[C@@H](C)Oc3ccccc3)c(C)c2)ccc1NC(=O)[C@@H](C)Oc1ccccc1. The van der Waals surface area contributed by atoms with Crippen LogP contribution in [0.25, 0.3) is 11.1 Å². The summed E-state index contributed by atoms with van der Waals surface area (Å²) in [5, 5.41) is 5.91. The molecule has 0 saturated heterocycles. The van der Waals surface area contributed by atoms with Crippen molar-refractivity contribution in [3.8, 4) is 22.6 Å². The van der Waals surface area contributed by atoms with E-state index in [9.17, 15) is 9.59 Å². The van der Waals surface area contributed by atoms with Crippen molar-refractivity contribution in [1.29, 1.82) is 0 Å². The van der Waals surface area contributed by atoms with Crippen molar-refractivity contribution in [2.75, 3.05) is 10.6 Å². The molecule has 0 aliphatic rings. The Morgan fingerprint density at radius 3 is 1.29 bits per heavy atom. The summed E-state index contributed by atoms with van der Waals surface area (Å²) in [6.45, 7) is 7.36. The van der Waals surface area contributed by atoms with Gasteiger partial charge in [-0.15, -0.1) is 0 Å². The van der Waals surface area contributed by atoms with Gasteiger partial charge in [-0.05, 0) is 98.5 Å². The second kappa shape index (κ2) is 12.1. The van der Waals surface area contributed by atoms with Crippen LogP contribution in [-0.2, 0) is 9.59 Å². The van der Waals surface area contributed by atoms with Crippen molar-refractivity contribution in [1.82, 2.24) is 0 Å². The van der Waals surface area contributed by atoms with Gasteiger partial charge in [0.05, 0.1) is 0 Å². The minimum atomic E-state index is -0.636. The molecule has 4 rings (SSSR count). The number of hydrogen-bond donors (Lipinski definition) is 2. The second-order valence-electron chi connectivity index (χ2n) is 9.18. The summed E-state index contributed by atoms with van der Waals surface area (Å²) < 4.78 is 11.5. The third-order valence-electron chi connectivity index (χ3n) is 6.15. The summed E-state index contributed by atoms with van der Waals surface area (Å²) in [7, 11) is 0.